The van der Waals surface area contributed by atoms with Crippen LogP contribution < -0.4 is 0 Å². The number of allylic oxidation sites excluding steroid dienone is 1. The van der Waals surface area contributed by atoms with E-state index >= 15 is 0 Å². The van der Waals surface area contributed by atoms with Gasteiger partial charge in [0, 0.05) is 0 Å². The first-order valence-electron chi connectivity index (χ1n) is 7.38. The van der Waals surface area contributed by atoms with Gasteiger partial charge in [0.25, 0.3) is 5.88 Å². The molecule has 0 bridgehead atoms. The molecule has 3 rings (SSSR count). The Labute approximate surface area is 128 Å². The summed E-state index contributed by atoms with van der Waals surface area (Å²) in [6.07, 6.45) is 2.63. The fourth-order valence-electron chi connectivity index (χ4n) is 3.48. The number of aliphatic hydroxyl groups is 1. The van der Waals surface area contributed by atoms with Gasteiger partial charge in [-0.1, -0.05) is 24.3 Å². The van der Waals surface area contributed by atoms with Crippen molar-refractivity contribution < 1.29 is 14.6 Å². The normalized spacial score (nSPS) is 23.9. The minimum absolute atomic E-state index is 0.117. The molecule has 1 fully saturated rings. The van der Waals surface area contributed by atoms with Crippen molar-refractivity contribution in [3.63, 3.8) is 0 Å². The molecule has 0 spiro atoms. The zero-order chi connectivity index (χ0) is 15.7. The van der Waals surface area contributed by atoms with Crippen LogP contribution in [0.4, 0.5) is 0 Å². The third kappa shape index (κ3) is 2.19. The van der Waals surface area contributed by atoms with E-state index in [0.29, 0.717) is 12.8 Å². The van der Waals surface area contributed by atoms with E-state index in [2.05, 4.69) is 4.98 Å². The summed E-state index contributed by atoms with van der Waals surface area (Å²) in [5.41, 5.74) is 2.23. The number of ether oxygens (including phenoxy) is 1. The summed E-state index contributed by atoms with van der Waals surface area (Å²) in [6.45, 7) is 0. The van der Waals surface area contributed by atoms with Crippen molar-refractivity contribution in [1.29, 1.82) is 5.39 Å². The molecule has 22 heavy (non-hydrogen) atoms. The van der Waals surface area contributed by atoms with E-state index in [1.807, 2.05) is 24.3 Å². The molecule has 0 aromatic heterocycles. The summed E-state index contributed by atoms with van der Waals surface area (Å²) in [4.78, 5) is 17.0. The van der Waals surface area contributed by atoms with Gasteiger partial charge in [0.1, 0.15) is 6.04 Å². The molecule has 1 N–H and O–H groups in total. The highest BCUT2D eigenvalue weighted by Gasteiger charge is 2.44. The van der Waals surface area contributed by atoms with Gasteiger partial charge >= 0.3 is 11.7 Å². The lowest BCUT2D eigenvalue weighted by molar-refractivity contribution is -0.150. The summed E-state index contributed by atoms with van der Waals surface area (Å²) in [6, 6.07) is 7.14. The molecule has 2 aliphatic heterocycles. The largest absolute Gasteiger partial charge is 0.489 e. The van der Waals surface area contributed by atoms with E-state index in [1.165, 1.54) is 7.11 Å². The minimum Gasteiger partial charge on any atom is -0.489 e. The lowest BCUT2D eigenvalue weighted by Gasteiger charge is -2.40. The number of diazo groups is 1. The molecular weight excluding hydrogens is 282 g/mol. The molecule has 2 aliphatic rings. The molecule has 6 nitrogen and oxygen atoms in total. The highest BCUT2D eigenvalue weighted by molar-refractivity contribution is 5.76. The zero-order valence-electron chi connectivity index (χ0n) is 12.4. The first-order chi connectivity index (χ1) is 10.7. The summed E-state index contributed by atoms with van der Waals surface area (Å²) >= 11 is 0. The Morgan fingerprint density at radius 3 is 2.91 bits per heavy atom. The van der Waals surface area contributed by atoms with Crippen LogP contribution >= 0.6 is 0 Å². The van der Waals surface area contributed by atoms with Gasteiger partial charge in [-0.05, 0) is 30.4 Å². The van der Waals surface area contributed by atoms with Crippen LogP contribution in [0.15, 0.2) is 35.8 Å². The number of carbonyl (C=O) groups is 1. The first kappa shape index (κ1) is 14.4. The molecule has 1 aromatic rings. The Morgan fingerprint density at radius 1 is 1.41 bits per heavy atom. The lowest BCUT2D eigenvalue weighted by atomic mass is 9.89. The Morgan fingerprint density at radius 2 is 2.18 bits per heavy atom. The number of methoxy groups -OCH3 is 1. The summed E-state index contributed by atoms with van der Waals surface area (Å²) < 4.78 is 4.88. The van der Waals surface area contributed by atoms with Gasteiger partial charge in [0.05, 0.1) is 19.6 Å². The van der Waals surface area contributed by atoms with Gasteiger partial charge in [0.15, 0.2) is 4.98 Å². The van der Waals surface area contributed by atoms with E-state index in [0.717, 1.165) is 24.0 Å². The number of aliphatic hydroxyl groups excluding tert-OH is 1. The molecule has 2 atom stereocenters. The summed E-state index contributed by atoms with van der Waals surface area (Å²) in [5, 5.41) is 19.8. The molecule has 0 aliphatic carbocycles. The molecule has 0 amide bonds. The van der Waals surface area contributed by atoms with Crippen LogP contribution in [0.5, 0.6) is 0 Å². The van der Waals surface area contributed by atoms with Gasteiger partial charge in [-0.2, -0.15) is 0 Å². The number of carbonyl (C=O) groups excluding carboxylic acids is 1. The van der Waals surface area contributed by atoms with Gasteiger partial charge < -0.3 is 14.7 Å². The van der Waals surface area contributed by atoms with Crippen molar-refractivity contribution >= 4 is 5.97 Å². The third-order valence-electron chi connectivity index (χ3n) is 4.50. The second kappa shape index (κ2) is 5.68. The SMILES string of the molecule is COC(=O)[C@@H]1CCC[C@@H]2c3ccccc3CC([N+]#N)=C(O)N21. The van der Waals surface area contributed by atoms with Crippen LogP contribution in [0, 0.1) is 5.39 Å². The van der Waals surface area contributed by atoms with Crippen molar-refractivity contribution in [3.8, 4) is 0 Å². The van der Waals surface area contributed by atoms with E-state index in [1.54, 1.807) is 4.90 Å². The first-order valence-corrected chi connectivity index (χ1v) is 7.38. The Kier molecular flexibility index (Phi) is 3.72. The standard InChI is InChI=1S/C16H17N3O3/c1-22-16(21)14-8-4-7-13-11-6-3-2-5-10(11)9-12(18-17)15(20)19(13)14/h2-3,5-6,13-14H,4,7-9H2,1H3/p+1/t13-,14+/m1/s1. The number of piperidine rings is 1. The lowest BCUT2D eigenvalue weighted by Crippen LogP contribution is -2.46. The minimum atomic E-state index is -0.563. The van der Waals surface area contributed by atoms with Gasteiger partial charge in [-0.3, -0.25) is 0 Å². The van der Waals surface area contributed by atoms with E-state index in [4.69, 9.17) is 4.74 Å². The maximum Gasteiger partial charge on any atom is 0.424 e. The maximum absolute atomic E-state index is 12.1. The fourth-order valence-corrected chi connectivity index (χ4v) is 3.48. The zero-order valence-corrected chi connectivity index (χ0v) is 12.4. The van der Waals surface area contributed by atoms with Crippen LogP contribution in [-0.4, -0.2) is 29.1 Å². The monoisotopic (exact) mass is 300 g/mol. The van der Waals surface area contributed by atoms with Crippen molar-refractivity contribution in [2.45, 2.75) is 37.8 Å². The predicted molar refractivity (Wildman–Crippen MR) is 79.1 cm³/mol. The molecule has 0 radical (unpaired) electrons. The number of hydrogen-bond donors (Lipinski definition) is 1. The molecule has 2 heterocycles. The Balaban J connectivity index is 2.15. The number of hydrogen-bond acceptors (Lipinski definition) is 5. The molecular formula is C16H18N3O3+. The smallest absolute Gasteiger partial charge is 0.424 e. The quantitative estimate of drug-likeness (QED) is 0.637. The second-order valence-corrected chi connectivity index (χ2v) is 5.64. The van der Waals surface area contributed by atoms with Gasteiger partial charge in [-0.15, -0.1) is 0 Å². The van der Waals surface area contributed by atoms with Crippen molar-refractivity contribution in [2.75, 3.05) is 7.11 Å². The van der Waals surface area contributed by atoms with Crippen LogP contribution in [0.2, 0.25) is 0 Å². The molecule has 1 aromatic carbocycles. The van der Waals surface area contributed by atoms with Crippen molar-refractivity contribution in [3.05, 3.63) is 51.9 Å². The molecule has 114 valence electrons. The highest BCUT2D eigenvalue weighted by Crippen LogP contribution is 2.42. The van der Waals surface area contributed by atoms with Crippen molar-refractivity contribution in [1.82, 2.24) is 4.90 Å². The third-order valence-corrected chi connectivity index (χ3v) is 4.50. The number of esters is 1. The average Bonchev–Trinajstić information content (AvgIpc) is 2.69. The topological polar surface area (TPSA) is 77.9 Å². The van der Waals surface area contributed by atoms with E-state index in [-0.39, 0.29) is 23.6 Å². The Hall–Kier alpha value is -2.55. The summed E-state index contributed by atoms with van der Waals surface area (Å²) in [7, 11) is 1.34. The van der Waals surface area contributed by atoms with E-state index in [9.17, 15) is 15.3 Å². The maximum atomic E-state index is 12.1. The number of fused-ring (bicyclic) bond motifs is 3. The van der Waals surface area contributed by atoms with Crippen LogP contribution in [0.3, 0.4) is 0 Å². The Bertz CT molecular complexity index is 677. The number of benzene rings is 1. The number of rotatable bonds is 1. The molecule has 0 unspecified atom stereocenters. The van der Waals surface area contributed by atoms with E-state index < -0.39 is 6.04 Å². The van der Waals surface area contributed by atoms with Crippen LogP contribution in [0.1, 0.15) is 36.4 Å². The van der Waals surface area contributed by atoms with Crippen molar-refractivity contribution in [2.24, 2.45) is 0 Å². The highest BCUT2D eigenvalue weighted by atomic mass is 16.5. The fraction of sp³-hybridized carbons (Fsp3) is 0.438. The van der Waals surface area contributed by atoms with Crippen LogP contribution in [-0.2, 0) is 16.0 Å². The van der Waals surface area contributed by atoms with Crippen LogP contribution in [0.25, 0.3) is 4.98 Å². The van der Waals surface area contributed by atoms with Gasteiger partial charge in [0.2, 0.25) is 5.39 Å². The number of nitrogens with zero attached hydrogens (tertiary/aromatic N) is 3. The molecule has 0 saturated carbocycles. The molecule has 6 heteroatoms. The second-order valence-electron chi connectivity index (χ2n) is 5.64. The molecule has 1 saturated heterocycles. The summed E-state index contributed by atoms with van der Waals surface area (Å²) in [5.74, 6) is -0.522. The van der Waals surface area contributed by atoms with Gasteiger partial charge in [-0.25, -0.2) is 4.79 Å². The predicted octanol–water partition coefficient (Wildman–Crippen LogP) is 2.89. The average molecular weight is 300 g/mol.